The van der Waals surface area contributed by atoms with Gasteiger partial charge in [0.05, 0.1) is 48.7 Å². The van der Waals surface area contributed by atoms with E-state index in [0.29, 0.717) is 11.1 Å². The van der Waals surface area contributed by atoms with E-state index in [9.17, 15) is 10.5 Å². The van der Waals surface area contributed by atoms with Crippen molar-refractivity contribution in [2.45, 2.75) is 0 Å². The molecule has 0 atom stereocenters. The van der Waals surface area contributed by atoms with E-state index in [1.54, 1.807) is 0 Å². The number of allylic oxidation sites excluding steroid dienone is 2. The molecule has 6 rings (SSSR count). The van der Waals surface area contributed by atoms with Crippen LogP contribution in [0, 0.1) is 22.7 Å². The number of nitriles is 2. The first-order chi connectivity index (χ1) is 17.8. The maximum absolute atomic E-state index is 10.1. The highest BCUT2D eigenvalue weighted by Gasteiger charge is 2.34. The van der Waals surface area contributed by atoms with Gasteiger partial charge in [0, 0.05) is 45.3 Å². The van der Waals surface area contributed by atoms with E-state index in [2.05, 4.69) is 24.3 Å². The summed E-state index contributed by atoms with van der Waals surface area (Å²) < 4.78 is 7.87. The quantitative estimate of drug-likeness (QED) is 0.335. The fraction of sp³-hybridized carbons (Fsp3) is 0.154. The second-order valence-electron chi connectivity index (χ2n) is 7.59. The molecule has 0 aliphatic carbocycles. The molecule has 0 spiro atoms. The van der Waals surface area contributed by atoms with E-state index in [-0.39, 0.29) is 0 Å². The predicted molar refractivity (Wildman–Crippen MR) is 170 cm³/mol. The smallest absolute Gasteiger partial charge is 0.0998 e. The molecule has 2 nitrogen and oxygen atoms in total. The molecule has 0 fully saturated rings. The zero-order valence-electron chi connectivity index (χ0n) is 18.6. The van der Waals surface area contributed by atoms with Crippen LogP contribution in [0.2, 0.25) is 0 Å². The third-order valence-corrected chi connectivity index (χ3v) is 17.0. The molecule has 0 unspecified atom stereocenters. The van der Waals surface area contributed by atoms with E-state index < -0.39 is 0 Å². The monoisotopic (exact) mass is 612 g/mol. The summed E-state index contributed by atoms with van der Waals surface area (Å²) in [7, 11) is 0. The van der Waals surface area contributed by atoms with E-state index >= 15 is 0 Å². The number of thioether (sulfide) groups is 8. The second-order valence-corrected chi connectivity index (χ2v) is 17.6. The third-order valence-electron chi connectivity index (χ3n) is 5.47. The molecular weight excluding hydrogens is 597 g/mol. The number of nitrogens with zero attached hydrogens (tertiary/aromatic N) is 2. The summed E-state index contributed by atoms with van der Waals surface area (Å²) in [5.74, 6) is 4.49. The van der Waals surface area contributed by atoms with Gasteiger partial charge in [-0.25, -0.2) is 0 Å². The lowest BCUT2D eigenvalue weighted by molar-refractivity contribution is 1.45. The number of rotatable bonds is 3. The normalized spacial score (nSPS) is 19.1. The third kappa shape index (κ3) is 4.97. The minimum Gasteiger partial charge on any atom is -0.192 e. The molecule has 4 aliphatic rings. The van der Waals surface area contributed by atoms with E-state index in [4.69, 9.17) is 0 Å². The maximum atomic E-state index is 10.1. The molecule has 0 radical (unpaired) electrons. The van der Waals surface area contributed by atoms with Gasteiger partial charge in [-0.3, -0.25) is 0 Å². The fourth-order valence-electron chi connectivity index (χ4n) is 3.93. The van der Waals surface area contributed by atoms with Crippen LogP contribution in [-0.4, -0.2) is 23.0 Å². The summed E-state index contributed by atoms with van der Waals surface area (Å²) in [4.78, 5) is 0. The van der Waals surface area contributed by atoms with Crippen LogP contribution in [0.3, 0.4) is 0 Å². The summed E-state index contributed by atoms with van der Waals surface area (Å²) in [5.41, 5.74) is 5.34. The molecule has 0 saturated carbocycles. The van der Waals surface area contributed by atoms with Crippen molar-refractivity contribution in [2.24, 2.45) is 0 Å². The first kappa shape index (κ1) is 25.5. The lowest BCUT2D eigenvalue weighted by Crippen LogP contribution is -1.99. The van der Waals surface area contributed by atoms with Gasteiger partial charge < -0.3 is 0 Å². The first-order valence-corrected chi connectivity index (χ1v) is 18.2. The van der Waals surface area contributed by atoms with Crippen molar-refractivity contribution in [3.8, 4) is 12.1 Å². The van der Waals surface area contributed by atoms with Gasteiger partial charge in [0.25, 0.3) is 0 Å². The molecular formula is C26H16N2S8. The highest BCUT2D eigenvalue weighted by molar-refractivity contribution is 8.42. The fourth-order valence-corrected chi connectivity index (χ4v) is 16.1. The molecule has 0 bridgehead atoms. The largest absolute Gasteiger partial charge is 0.192 e. The van der Waals surface area contributed by atoms with Crippen molar-refractivity contribution in [3.63, 3.8) is 0 Å². The Labute approximate surface area is 245 Å². The van der Waals surface area contributed by atoms with Gasteiger partial charge in [0.1, 0.15) is 0 Å². The lowest BCUT2D eigenvalue weighted by Gasteiger charge is -2.20. The molecule has 4 heterocycles. The molecule has 0 amide bonds. The Hall–Kier alpha value is -0.820. The summed E-state index contributed by atoms with van der Waals surface area (Å²) in [5, 5.41) is 20.2. The van der Waals surface area contributed by atoms with Crippen molar-refractivity contribution in [1.82, 2.24) is 0 Å². The minimum absolute atomic E-state index is 0.661. The Balaban J connectivity index is 1.62. The van der Waals surface area contributed by atoms with E-state index in [0.717, 1.165) is 45.3 Å². The Morgan fingerprint density at radius 2 is 0.861 bits per heavy atom. The summed E-state index contributed by atoms with van der Waals surface area (Å²) >= 11 is 15.1. The second kappa shape index (κ2) is 11.5. The average molecular weight is 613 g/mol. The van der Waals surface area contributed by atoms with Crippen LogP contribution in [-0.2, 0) is 0 Å². The SMILES string of the molecule is N#Cc1ccccc1C(=C1SC2=C(SCCS2)S1)C(=C1SC2=C(SCCS2)S1)c1ccccc1C#N. The van der Waals surface area contributed by atoms with Crippen molar-refractivity contribution >= 4 is 105 Å². The summed E-state index contributed by atoms with van der Waals surface area (Å²) in [6, 6.07) is 20.7. The van der Waals surface area contributed by atoms with Gasteiger partial charge in [0.15, 0.2) is 0 Å². The van der Waals surface area contributed by atoms with Crippen LogP contribution in [0.4, 0.5) is 0 Å². The maximum Gasteiger partial charge on any atom is 0.0998 e. The van der Waals surface area contributed by atoms with E-state index in [1.807, 2.05) is 130 Å². The van der Waals surface area contributed by atoms with Crippen LogP contribution in [0.15, 0.2) is 74.0 Å². The van der Waals surface area contributed by atoms with E-state index in [1.165, 1.54) is 25.4 Å². The molecule has 10 heteroatoms. The van der Waals surface area contributed by atoms with Crippen LogP contribution < -0.4 is 0 Å². The molecule has 2 aromatic carbocycles. The molecule has 4 aliphatic heterocycles. The van der Waals surface area contributed by atoms with Gasteiger partial charge in [0.2, 0.25) is 0 Å². The van der Waals surface area contributed by atoms with Crippen LogP contribution in [0.1, 0.15) is 22.3 Å². The Morgan fingerprint density at radius 3 is 1.19 bits per heavy atom. The van der Waals surface area contributed by atoms with Crippen molar-refractivity contribution in [2.75, 3.05) is 23.0 Å². The number of hydrogen-bond donors (Lipinski definition) is 0. The van der Waals surface area contributed by atoms with Crippen LogP contribution in [0.5, 0.6) is 0 Å². The number of benzene rings is 2. The lowest BCUT2D eigenvalue weighted by atomic mass is 9.90. The Kier molecular flexibility index (Phi) is 8.14. The Morgan fingerprint density at radius 1 is 0.528 bits per heavy atom. The van der Waals surface area contributed by atoms with Gasteiger partial charge in [-0.15, -0.1) is 47.0 Å². The minimum atomic E-state index is 0.661. The summed E-state index contributed by atoms with van der Waals surface area (Å²) in [6.45, 7) is 0. The highest BCUT2D eigenvalue weighted by Crippen LogP contribution is 2.66. The van der Waals surface area contributed by atoms with Crippen molar-refractivity contribution < 1.29 is 0 Å². The Bertz CT molecular complexity index is 1320. The molecule has 0 aromatic heterocycles. The van der Waals surface area contributed by atoms with Crippen LogP contribution >= 0.6 is 94.1 Å². The van der Waals surface area contributed by atoms with Crippen molar-refractivity contribution in [3.05, 3.63) is 96.2 Å². The predicted octanol–water partition coefficient (Wildman–Crippen LogP) is 9.64. The van der Waals surface area contributed by atoms with Crippen LogP contribution in [0.25, 0.3) is 11.1 Å². The average Bonchev–Trinajstić information content (AvgIpc) is 3.55. The highest BCUT2D eigenvalue weighted by atomic mass is 32.3. The van der Waals surface area contributed by atoms with Gasteiger partial charge in [-0.1, -0.05) is 83.4 Å². The zero-order valence-corrected chi connectivity index (χ0v) is 25.1. The number of hydrogen-bond acceptors (Lipinski definition) is 10. The van der Waals surface area contributed by atoms with Gasteiger partial charge in [-0.2, -0.15) is 10.5 Å². The zero-order chi connectivity index (χ0) is 24.5. The van der Waals surface area contributed by atoms with Gasteiger partial charge in [-0.05, 0) is 12.1 Å². The molecule has 178 valence electrons. The standard InChI is InChI=1S/C26H16N2S8/c27-13-15-5-1-3-7-17(15)19(21-33-23-24(34-21)30-10-9-29-23)20(18-8-4-2-6-16(18)14-28)22-35-25-26(36-22)32-12-11-31-25/h1-8H,9-12H2. The molecule has 0 N–H and O–H groups in total. The molecule has 0 saturated heterocycles. The topological polar surface area (TPSA) is 47.6 Å². The summed E-state index contributed by atoms with van der Waals surface area (Å²) in [6.07, 6.45) is 0. The first-order valence-electron chi connectivity index (χ1n) is 11.0. The van der Waals surface area contributed by atoms with Crippen molar-refractivity contribution in [1.29, 1.82) is 10.5 Å². The molecule has 2 aromatic rings. The molecule has 36 heavy (non-hydrogen) atoms. The van der Waals surface area contributed by atoms with Gasteiger partial charge >= 0.3 is 0 Å².